The average Bonchev–Trinajstić information content (AvgIpc) is 2.95. The fourth-order valence-corrected chi connectivity index (χ4v) is 5.00. The van der Waals surface area contributed by atoms with Crippen LogP contribution in [0.25, 0.3) is 0 Å². The molecule has 1 fully saturated rings. The number of benzene rings is 1. The summed E-state index contributed by atoms with van der Waals surface area (Å²) >= 11 is 0. The summed E-state index contributed by atoms with van der Waals surface area (Å²) in [6, 6.07) is 9.50. The molecule has 2 N–H and O–H groups in total. The van der Waals surface area contributed by atoms with Crippen molar-refractivity contribution in [3.8, 4) is 0 Å². The Hall–Kier alpha value is -1.46. The van der Waals surface area contributed by atoms with Gasteiger partial charge in [0.2, 0.25) is 6.08 Å². The third-order valence-electron chi connectivity index (χ3n) is 8.74. The van der Waals surface area contributed by atoms with Gasteiger partial charge in [0.1, 0.15) is 0 Å². The summed E-state index contributed by atoms with van der Waals surface area (Å²) in [7, 11) is -0.0580. The van der Waals surface area contributed by atoms with E-state index < -0.39 is 0 Å². The monoisotopic (exact) mass is 470 g/mol. The van der Waals surface area contributed by atoms with E-state index in [2.05, 4.69) is 85.0 Å². The second kappa shape index (κ2) is 11.5. The minimum Gasteiger partial charge on any atom is -0.403 e. The van der Waals surface area contributed by atoms with E-state index in [4.69, 9.17) is 19.5 Å². The van der Waals surface area contributed by atoms with Crippen LogP contribution in [0.15, 0.2) is 24.3 Å². The summed E-state index contributed by atoms with van der Waals surface area (Å²) < 4.78 is 12.4. The van der Waals surface area contributed by atoms with E-state index in [1.165, 1.54) is 43.2 Å². The Bertz CT molecular complexity index is 811. The molecule has 0 spiro atoms. The number of isocyanates is 1. The Morgan fingerprint density at radius 2 is 1.59 bits per heavy atom. The van der Waals surface area contributed by atoms with Gasteiger partial charge < -0.3 is 14.6 Å². The summed E-state index contributed by atoms with van der Waals surface area (Å²) in [5.41, 5.74) is 3.20. The van der Waals surface area contributed by atoms with Crippen LogP contribution < -0.4 is 5.32 Å². The molecule has 34 heavy (non-hydrogen) atoms. The van der Waals surface area contributed by atoms with E-state index in [0.717, 1.165) is 25.4 Å². The molecule has 1 aromatic carbocycles. The van der Waals surface area contributed by atoms with Crippen LogP contribution in [0.1, 0.15) is 98.6 Å². The van der Waals surface area contributed by atoms with Crippen LogP contribution in [-0.4, -0.2) is 30.4 Å². The minimum absolute atomic E-state index is 0.0580. The van der Waals surface area contributed by atoms with Crippen LogP contribution in [-0.2, 0) is 27.1 Å². The van der Waals surface area contributed by atoms with Gasteiger partial charge in [-0.15, -0.1) is 0 Å². The predicted molar refractivity (Wildman–Crippen MR) is 141 cm³/mol. The number of nitrogens with one attached hydrogen (secondary N) is 2. The second-order valence-electron chi connectivity index (χ2n) is 12.4. The lowest BCUT2D eigenvalue weighted by atomic mass is 9.62. The van der Waals surface area contributed by atoms with E-state index in [9.17, 15) is 0 Å². The molecule has 1 aromatic rings. The fraction of sp³-hybridized carbons (Fsp3) is 0.750. The SMILES string of the molecule is CC(C)(C)C(C)(CCCCB1OC(C)(C)C(C)(C)O1)CCC1Cc2ccccc2CN1.N=C=O. The maximum absolute atomic E-state index is 8.35. The van der Waals surface area contributed by atoms with E-state index in [1.807, 2.05) is 0 Å². The molecule has 3 rings (SSSR count). The minimum atomic E-state index is -0.219. The van der Waals surface area contributed by atoms with Crippen molar-refractivity contribution in [1.82, 2.24) is 5.32 Å². The molecule has 1 saturated heterocycles. The maximum Gasteiger partial charge on any atom is 0.457 e. The zero-order chi connectivity index (χ0) is 25.6. The lowest BCUT2D eigenvalue weighted by Crippen LogP contribution is -2.41. The summed E-state index contributed by atoms with van der Waals surface area (Å²) in [5, 5.41) is 9.19. The Labute approximate surface area is 208 Å². The zero-order valence-corrected chi connectivity index (χ0v) is 22.8. The lowest BCUT2D eigenvalue weighted by molar-refractivity contribution is 0.00578. The molecule has 5 nitrogen and oxygen atoms in total. The second-order valence-corrected chi connectivity index (χ2v) is 12.4. The highest BCUT2D eigenvalue weighted by atomic mass is 16.7. The van der Waals surface area contributed by atoms with Crippen molar-refractivity contribution >= 4 is 13.2 Å². The Morgan fingerprint density at radius 3 is 2.15 bits per heavy atom. The van der Waals surface area contributed by atoms with Crippen LogP contribution >= 0.6 is 0 Å². The van der Waals surface area contributed by atoms with Crippen LogP contribution in [0.3, 0.4) is 0 Å². The number of hydrogen-bond donors (Lipinski definition) is 2. The van der Waals surface area contributed by atoms with Crippen molar-refractivity contribution in [3.05, 3.63) is 35.4 Å². The van der Waals surface area contributed by atoms with Crippen molar-refractivity contribution < 1.29 is 14.1 Å². The fourth-order valence-electron chi connectivity index (χ4n) is 5.00. The van der Waals surface area contributed by atoms with Gasteiger partial charge in [0.25, 0.3) is 0 Å². The maximum atomic E-state index is 8.35. The lowest BCUT2D eigenvalue weighted by Gasteiger charge is -2.44. The molecular weight excluding hydrogens is 423 g/mol. The Balaban J connectivity index is 0.00000129. The van der Waals surface area contributed by atoms with Crippen LogP contribution in [0.4, 0.5) is 0 Å². The zero-order valence-electron chi connectivity index (χ0n) is 22.8. The summed E-state index contributed by atoms with van der Waals surface area (Å²) in [6.45, 7) is 19.4. The van der Waals surface area contributed by atoms with E-state index in [-0.39, 0.29) is 18.3 Å². The van der Waals surface area contributed by atoms with Gasteiger partial charge in [0.05, 0.1) is 11.2 Å². The van der Waals surface area contributed by atoms with E-state index >= 15 is 0 Å². The van der Waals surface area contributed by atoms with Crippen LogP contribution in [0.5, 0.6) is 0 Å². The van der Waals surface area contributed by atoms with Gasteiger partial charge in [0.15, 0.2) is 0 Å². The van der Waals surface area contributed by atoms with Gasteiger partial charge in [-0.2, -0.15) is 0 Å². The van der Waals surface area contributed by atoms with Crippen molar-refractivity contribution in [1.29, 1.82) is 5.41 Å². The normalized spacial score (nSPS) is 22.7. The number of rotatable bonds is 8. The largest absolute Gasteiger partial charge is 0.457 e. The number of unbranched alkanes of at least 4 members (excludes halogenated alkanes) is 1. The number of carbonyl (C=O) groups excluding carboxylic acids is 1. The molecule has 2 aliphatic rings. The molecule has 2 heterocycles. The summed E-state index contributed by atoms with van der Waals surface area (Å²) in [5.74, 6) is 0. The van der Waals surface area contributed by atoms with Crippen LogP contribution in [0.2, 0.25) is 6.32 Å². The van der Waals surface area contributed by atoms with Gasteiger partial charge in [-0.1, -0.05) is 64.8 Å². The highest BCUT2D eigenvalue weighted by molar-refractivity contribution is 6.45. The van der Waals surface area contributed by atoms with E-state index in [0.29, 0.717) is 16.9 Å². The first-order valence-electron chi connectivity index (χ1n) is 12.9. The van der Waals surface area contributed by atoms with Crippen molar-refractivity contribution in [2.24, 2.45) is 10.8 Å². The van der Waals surface area contributed by atoms with Gasteiger partial charge in [-0.25, -0.2) is 10.2 Å². The van der Waals surface area contributed by atoms with Gasteiger partial charge in [0, 0.05) is 12.6 Å². The van der Waals surface area contributed by atoms with Crippen molar-refractivity contribution in [2.45, 2.75) is 124 Å². The van der Waals surface area contributed by atoms with Crippen molar-refractivity contribution in [3.63, 3.8) is 0 Å². The highest BCUT2D eigenvalue weighted by Crippen LogP contribution is 2.47. The highest BCUT2D eigenvalue weighted by Gasteiger charge is 2.50. The molecular formula is C28H47BN2O3. The molecule has 2 aliphatic heterocycles. The molecule has 2 atom stereocenters. The molecule has 190 valence electrons. The number of hydrogen-bond acceptors (Lipinski definition) is 5. The molecule has 6 heteroatoms. The Kier molecular flexibility index (Phi) is 9.75. The topological polar surface area (TPSA) is 71.4 Å². The van der Waals surface area contributed by atoms with Gasteiger partial charge in [-0.3, -0.25) is 0 Å². The predicted octanol–water partition coefficient (Wildman–Crippen LogP) is 6.70. The first-order valence-corrected chi connectivity index (χ1v) is 12.9. The first-order chi connectivity index (χ1) is 15.7. The molecule has 0 aromatic heterocycles. The standard InChI is InChI=1S/C27H46BNO2.CHNO/c1-24(2,3)27(8,16-11-12-18-28-30-25(4,5)26(6,7)31-28)17-15-23-19-21-13-9-10-14-22(21)20-29-23;2-1-3/h9-10,13-14,23,29H,11-12,15-20H2,1-8H3;2H. The molecule has 2 unspecified atom stereocenters. The average molecular weight is 471 g/mol. The third-order valence-corrected chi connectivity index (χ3v) is 8.74. The first kappa shape index (κ1) is 28.8. The van der Waals surface area contributed by atoms with E-state index in [1.54, 1.807) is 0 Å². The Morgan fingerprint density at radius 1 is 1.03 bits per heavy atom. The quantitative estimate of drug-likeness (QED) is 0.192. The molecule has 0 aliphatic carbocycles. The molecule has 0 bridgehead atoms. The van der Waals surface area contributed by atoms with Gasteiger partial charge >= 0.3 is 7.12 Å². The smallest absolute Gasteiger partial charge is 0.403 e. The summed E-state index contributed by atoms with van der Waals surface area (Å²) in [6.07, 6.45) is 9.09. The van der Waals surface area contributed by atoms with Crippen molar-refractivity contribution in [2.75, 3.05) is 0 Å². The van der Waals surface area contributed by atoms with Gasteiger partial charge in [-0.05, 0) is 81.7 Å². The molecule has 0 radical (unpaired) electrons. The number of fused-ring (bicyclic) bond motifs is 1. The molecule has 0 saturated carbocycles. The van der Waals surface area contributed by atoms with Crippen LogP contribution in [0, 0.1) is 16.2 Å². The summed E-state index contributed by atoms with van der Waals surface area (Å²) in [4.78, 5) is 8.35. The molecule has 0 amide bonds. The third kappa shape index (κ3) is 7.27.